The fraction of sp³-hybridized carbons (Fsp3) is 0.375. The second-order valence-corrected chi connectivity index (χ2v) is 11.6. The lowest BCUT2D eigenvalue weighted by molar-refractivity contribution is 0.00838. The molecule has 0 amide bonds. The number of ether oxygens (including phenoxy) is 1. The van der Waals surface area contributed by atoms with E-state index in [4.69, 9.17) is 15.5 Å². The summed E-state index contributed by atoms with van der Waals surface area (Å²) in [5.41, 5.74) is 9.61. The number of benzene rings is 2. The quantitative estimate of drug-likeness (QED) is 0.603. The van der Waals surface area contributed by atoms with Crippen LogP contribution in [0.4, 0.5) is 0 Å². The van der Waals surface area contributed by atoms with Crippen LogP contribution in [0.25, 0.3) is 20.2 Å². The molecule has 2 N–H and O–H groups in total. The third-order valence-electron chi connectivity index (χ3n) is 6.18. The van der Waals surface area contributed by atoms with Gasteiger partial charge < -0.3 is 10.5 Å². The molecule has 5 rings (SSSR count). The Morgan fingerprint density at radius 3 is 2.63 bits per heavy atom. The highest BCUT2D eigenvalue weighted by atomic mass is 32.2. The monoisotopic (exact) mass is 436 g/mol. The van der Waals surface area contributed by atoms with Gasteiger partial charge in [-0.3, -0.25) is 9.20 Å². The molecule has 6 heteroatoms. The standard InChI is InChI=1S/C24H24N2O2S2/c1-4-5-14-8-19-18-9-15(20-13-30(27)24(2,3)23(25)26-20)6-7-21(18)29-22(19)10-17(14)16-11-28-12-16/h6-10,16,20H,11-13H2,1-3H3,(H2,25,26). The minimum atomic E-state index is -1.06. The van der Waals surface area contributed by atoms with Crippen molar-refractivity contribution in [3.8, 4) is 11.8 Å². The van der Waals surface area contributed by atoms with E-state index in [1.54, 1.807) is 11.3 Å². The van der Waals surface area contributed by atoms with E-state index in [2.05, 4.69) is 42.2 Å². The van der Waals surface area contributed by atoms with Crippen molar-refractivity contribution in [2.24, 2.45) is 10.7 Å². The summed E-state index contributed by atoms with van der Waals surface area (Å²) in [6.45, 7) is 7.22. The van der Waals surface area contributed by atoms with E-state index in [0.29, 0.717) is 17.5 Å². The van der Waals surface area contributed by atoms with Gasteiger partial charge in [0.05, 0.1) is 29.8 Å². The highest BCUT2D eigenvalue weighted by Gasteiger charge is 2.37. The van der Waals surface area contributed by atoms with Gasteiger partial charge in [0, 0.05) is 42.5 Å². The lowest BCUT2D eigenvalue weighted by Crippen LogP contribution is -2.47. The molecule has 2 aliphatic heterocycles. The first-order valence-corrected chi connectivity index (χ1v) is 12.2. The van der Waals surface area contributed by atoms with Crippen LogP contribution in [0.15, 0.2) is 35.3 Å². The highest BCUT2D eigenvalue weighted by molar-refractivity contribution is 7.87. The first kappa shape index (κ1) is 19.7. The van der Waals surface area contributed by atoms with Crippen LogP contribution in [-0.2, 0) is 15.5 Å². The molecule has 0 bridgehead atoms. The summed E-state index contributed by atoms with van der Waals surface area (Å²) in [4.78, 5) is 4.70. The lowest BCUT2D eigenvalue weighted by Gasteiger charge is -2.31. The Morgan fingerprint density at radius 1 is 1.20 bits per heavy atom. The van der Waals surface area contributed by atoms with Crippen LogP contribution in [0, 0.1) is 11.8 Å². The summed E-state index contributed by atoms with van der Waals surface area (Å²) >= 11 is 1.80. The summed E-state index contributed by atoms with van der Waals surface area (Å²) < 4.78 is 20.1. The van der Waals surface area contributed by atoms with E-state index in [1.807, 2.05) is 20.8 Å². The summed E-state index contributed by atoms with van der Waals surface area (Å²) in [6.07, 6.45) is 0. The van der Waals surface area contributed by atoms with Crippen LogP contribution in [0.1, 0.15) is 49.4 Å². The number of nitrogens with two attached hydrogens (primary N) is 1. The summed E-state index contributed by atoms with van der Waals surface area (Å²) in [6, 6.07) is 10.8. The average Bonchev–Trinajstić information content (AvgIpc) is 3.02. The first-order chi connectivity index (χ1) is 14.4. The molecule has 1 saturated heterocycles. The Hall–Kier alpha value is -2.20. The minimum absolute atomic E-state index is 0.167. The van der Waals surface area contributed by atoms with Crippen molar-refractivity contribution in [2.45, 2.75) is 37.5 Å². The lowest BCUT2D eigenvalue weighted by atomic mass is 9.91. The molecule has 2 unspecified atom stereocenters. The molecule has 154 valence electrons. The van der Waals surface area contributed by atoms with Crippen molar-refractivity contribution in [3.05, 3.63) is 47.0 Å². The SMILES string of the molecule is CC#Cc1cc2c(cc1C1COC1)sc1ccc(C3CS(=O)C(C)(C)C(N)=N3)cc12. The maximum absolute atomic E-state index is 12.7. The van der Waals surface area contributed by atoms with Crippen molar-refractivity contribution in [3.63, 3.8) is 0 Å². The predicted octanol–water partition coefficient (Wildman–Crippen LogP) is 4.48. The number of hydrogen-bond donors (Lipinski definition) is 1. The molecule has 0 saturated carbocycles. The molecule has 30 heavy (non-hydrogen) atoms. The zero-order valence-electron chi connectivity index (χ0n) is 17.3. The fourth-order valence-corrected chi connectivity index (χ4v) is 6.43. The van der Waals surface area contributed by atoms with Gasteiger partial charge in [0.25, 0.3) is 0 Å². The molecule has 0 spiro atoms. The predicted molar refractivity (Wildman–Crippen MR) is 127 cm³/mol. The van der Waals surface area contributed by atoms with E-state index in [0.717, 1.165) is 24.3 Å². The molecule has 0 aliphatic carbocycles. The average molecular weight is 437 g/mol. The van der Waals surface area contributed by atoms with Crippen LogP contribution in [0.3, 0.4) is 0 Å². The van der Waals surface area contributed by atoms with Gasteiger partial charge in [0.2, 0.25) is 0 Å². The van der Waals surface area contributed by atoms with Crippen LogP contribution < -0.4 is 5.73 Å². The molecule has 4 nitrogen and oxygen atoms in total. The zero-order valence-corrected chi connectivity index (χ0v) is 19.0. The maximum atomic E-state index is 12.7. The number of rotatable bonds is 2. The molecule has 2 aromatic carbocycles. The van der Waals surface area contributed by atoms with Crippen LogP contribution in [0.2, 0.25) is 0 Å². The largest absolute Gasteiger partial charge is 0.386 e. The number of amidine groups is 1. The van der Waals surface area contributed by atoms with Gasteiger partial charge in [-0.15, -0.1) is 17.3 Å². The van der Waals surface area contributed by atoms with Crippen molar-refractivity contribution in [1.82, 2.24) is 0 Å². The smallest absolute Gasteiger partial charge is 0.113 e. The van der Waals surface area contributed by atoms with Crippen LogP contribution >= 0.6 is 11.3 Å². The Morgan fingerprint density at radius 2 is 1.97 bits per heavy atom. The normalized spacial score (nSPS) is 23.6. The third-order valence-corrected chi connectivity index (χ3v) is 9.28. The Labute approximate surface area is 183 Å². The van der Waals surface area contributed by atoms with Gasteiger partial charge in [0.15, 0.2) is 0 Å². The van der Waals surface area contributed by atoms with E-state index >= 15 is 0 Å². The molecule has 3 aromatic rings. The molecule has 2 atom stereocenters. The van der Waals surface area contributed by atoms with Gasteiger partial charge in [-0.25, -0.2) is 0 Å². The summed E-state index contributed by atoms with van der Waals surface area (Å²) in [7, 11) is -1.06. The van der Waals surface area contributed by atoms with E-state index in [-0.39, 0.29) is 6.04 Å². The van der Waals surface area contributed by atoms with Crippen molar-refractivity contribution in [2.75, 3.05) is 19.0 Å². The molecule has 1 fully saturated rings. The summed E-state index contributed by atoms with van der Waals surface area (Å²) in [5.74, 6) is 7.76. The van der Waals surface area contributed by atoms with Crippen LogP contribution in [0.5, 0.6) is 0 Å². The second-order valence-electron chi connectivity index (χ2n) is 8.46. The summed E-state index contributed by atoms with van der Waals surface area (Å²) in [5, 5.41) is 2.42. The number of fused-ring (bicyclic) bond motifs is 3. The topological polar surface area (TPSA) is 64.7 Å². The molecular formula is C24H24N2O2S2. The zero-order chi connectivity index (χ0) is 21.0. The number of thiophene rings is 1. The van der Waals surface area contributed by atoms with E-state index in [1.165, 1.54) is 25.7 Å². The molecule has 0 radical (unpaired) electrons. The van der Waals surface area contributed by atoms with Gasteiger partial charge in [-0.05, 0) is 56.2 Å². The molecule has 1 aromatic heterocycles. The van der Waals surface area contributed by atoms with E-state index in [9.17, 15) is 4.21 Å². The molecular weight excluding hydrogens is 412 g/mol. The first-order valence-electron chi connectivity index (χ1n) is 10.1. The third kappa shape index (κ3) is 3.08. The Balaban J connectivity index is 1.64. The second kappa shape index (κ2) is 7.19. The van der Waals surface area contributed by atoms with Gasteiger partial charge >= 0.3 is 0 Å². The molecule has 2 aliphatic rings. The van der Waals surface area contributed by atoms with Gasteiger partial charge in [0.1, 0.15) is 5.84 Å². The number of aliphatic imine (C=N–C) groups is 1. The Bertz CT molecular complexity index is 1290. The van der Waals surface area contributed by atoms with Crippen molar-refractivity contribution >= 4 is 48.1 Å². The van der Waals surface area contributed by atoms with Gasteiger partial charge in [-0.2, -0.15) is 0 Å². The Kier molecular flexibility index (Phi) is 4.73. The molecule has 3 heterocycles. The number of nitrogens with zero attached hydrogens (tertiary/aromatic N) is 1. The minimum Gasteiger partial charge on any atom is -0.386 e. The fourth-order valence-electron chi connectivity index (χ4n) is 4.06. The van der Waals surface area contributed by atoms with Crippen LogP contribution in [-0.4, -0.2) is 33.8 Å². The maximum Gasteiger partial charge on any atom is 0.113 e. The highest BCUT2D eigenvalue weighted by Crippen LogP contribution is 2.40. The van der Waals surface area contributed by atoms with Crippen molar-refractivity contribution in [1.29, 1.82) is 0 Å². The van der Waals surface area contributed by atoms with Crippen molar-refractivity contribution < 1.29 is 8.95 Å². The van der Waals surface area contributed by atoms with E-state index < -0.39 is 15.5 Å². The van der Waals surface area contributed by atoms with Gasteiger partial charge in [-0.1, -0.05) is 12.0 Å². The number of hydrogen-bond acceptors (Lipinski definition) is 5.